The molecule has 0 spiro atoms. The summed E-state index contributed by atoms with van der Waals surface area (Å²) < 4.78 is 5.21. The molecule has 1 heterocycles. The Morgan fingerprint density at radius 2 is 1.88 bits per heavy atom. The third kappa shape index (κ3) is 2.81. The Balaban J connectivity index is 1.76. The van der Waals surface area contributed by atoms with E-state index in [-0.39, 0.29) is 17.0 Å². The van der Waals surface area contributed by atoms with Crippen LogP contribution in [0.25, 0.3) is 10.8 Å². The molecule has 1 saturated heterocycles. The average Bonchev–Trinajstić information content (AvgIpc) is 3.03. The topological polar surface area (TPSA) is 49.8 Å². The van der Waals surface area contributed by atoms with E-state index in [1.165, 1.54) is 7.11 Å². The third-order valence-electron chi connectivity index (χ3n) is 4.37. The number of nitrogens with zero attached hydrogens (tertiary/aromatic N) is 1. The lowest BCUT2D eigenvalue weighted by Crippen LogP contribution is -2.27. The van der Waals surface area contributed by atoms with Crippen molar-refractivity contribution in [3.8, 4) is 11.5 Å². The second-order valence-electron chi connectivity index (χ2n) is 5.89. The summed E-state index contributed by atoms with van der Waals surface area (Å²) in [5.41, 5.74) is 1.81. The molecule has 0 aliphatic carbocycles. The van der Waals surface area contributed by atoms with Crippen LogP contribution in [0.2, 0.25) is 0 Å². The van der Waals surface area contributed by atoms with E-state index in [2.05, 4.69) is 6.07 Å². The molecule has 1 amide bonds. The Kier molecular flexibility index (Phi) is 4.01. The number of phenolic OH excluding ortho intramolecular Hbond substituents is 1. The number of methoxy groups -OCH3 is 1. The van der Waals surface area contributed by atoms with E-state index in [0.717, 1.165) is 22.0 Å². The molecule has 126 valence electrons. The maximum absolute atomic E-state index is 12.5. The van der Waals surface area contributed by atoms with Crippen molar-refractivity contribution < 1.29 is 14.6 Å². The molecule has 1 aliphatic heterocycles. The highest BCUT2D eigenvalue weighted by Crippen LogP contribution is 2.44. The van der Waals surface area contributed by atoms with E-state index in [1.807, 2.05) is 47.4 Å². The van der Waals surface area contributed by atoms with Gasteiger partial charge in [0.05, 0.1) is 12.9 Å². The van der Waals surface area contributed by atoms with E-state index < -0.39 is 0 Å². The van der Waals surface area contributed by atoms with Crippen LogP contribution in [-0.4, -0.2) is 23.9 Å². The van der Waals surface area contributed by atoms with E-state index in [4.69, 9.17) is 4.74 Å². The molecular weight excluding hydrogens is 334 g/mol. The first-order valence-electron chi connectivity index (χ1n) is 7.97. The zero-order valence-corrected chi connectivity index (χ0v) is 14.5. The molecule has 0 aromatic heterocycles. The average molecular weight is 351 g/mol. The molecule has 3 aromatic rings. The molecule has 25 heavy (non-hydrogen) atoms. The number of thioether (sulfide) groups is 1. The van der Waals surface area contributed by atoms with Crippen LogP contribution >= 0.6 is 11.8 Å². The number of ether oxygens (including phenoxy) is 1. The lowest BCUT2D eigenvalue weighted by atomic mass is 10.1. The fourth-order valence-electron chi connectivity index (χ4n) is 3.12. The van der Waals surface area contributed by atoms with Crippen LogP contribution in [0.3, 0.4) is 0 Å². The van der Waals surface area contributed by atoms with Crippen LogP contribution < -0.4 is 9.64 Å². The van der Waals surface area contributed by atoms with Gasteiger partial charge in [-0.1, -0.05) is 36.4 Å². The van der Waals surface area contributed by atoms with Crippen molar-refractivity contribution in [2.45, 2.75) is 5.37 Å². The normalized spacial score (nSPS) is 17.2. The fraction of sp³-hybridized carbons (Fsp3) is 0.150. The van der Waals surface area contributed by atoms with E-state index in [1.54, 1.807) is 23.9 Å². The quantitative estimate of drug-likeness (QED) is 0.763. The summed E-state index contributed by atoms with van der Waals surface area (Å²) in [4.78, 5) is 14.4. The van der Waals surface area contributed by atoms with Gasteiger partial charge in [-0.2, -0.15) is 0 Å². The monoisotopic (exact) mass is 351 g/mol. The number of aromatic hydroxyl groups is 1. The van der Waals surface area contributed by atoms with Gasteiger partial charge in [0.2, 0.25) is 5.91 Å². The summed E-state index contributed by atoms with van der Waals surface area (Å²) in [6.07, 6.45) is 0. The number of rotatable bonds is 3. The van der Waals surface area contributed by atoms with Crippen LogP contribution in [0.15, 0.2) is 60.7 Å². The van der Waals surface area contributed by atoms with Crippen LogP contribution in [0.5, 0.6) is 11.5 Å². The van der Waals surface area contributed by atoms with Crippen LogP contribution in [0.4, 0.5) is 5.69 Å². The number of amides is 1. The third-order valence-corrected chi connectivity index (χ3v) is 5.58. The van der Waals surface area contributed by atoms with Gasteiger partial charge in [0.15, 0.2) is 11.5 Å². The minimum absolute atomic E-state index is 0.0809. The Morgan fingerprint density at radius 3 is 2.68 bits per heavy atom. The lowest BCUT2D eigenvalue weighted by Gasteiger charge is -2.25. The fourth-order valence-corrected chi connectivity index (χ4v) is 4.29. The summed E-state index contributed by atoms with van der Waals surface area (Å²) >= 11 is 1.58. The van der Waals surface area contributed by atoms with Gasteiger partial charge >= 0.3 is 0 Å². The van der Waals surface area contributed by atoms with Crippen molar-refractivity contribution in [1.29, 1.82) is 0 Å². The molecule has 0 saturated carbocycles. The summed E-state index contributed by atoms with van der Waals surface area (Å²) in [6.45, 7) is 0. The number of carbonyl (C=O) groups excluding carboxylic acids is 1. The zero-order chi connectivity index (χ0) is 17.4. The maximum Gasteiger partial charge on any atom is 0.238 e. The molecule has 1 atom stereocenters. The first kappa shape index (κ1) is 15.8. The molecule has 4 rings (SSSR count). The minimum atomic E-state index is -0.136. The Bertz CT molecular complexity index is 957. The first-order valence-corrected chi connectivity index (χ1v) is 9.01. The molecule has 0 bridgehead atoms. The van der Waals surface area contributed by atoms with Gasteiger partial charge in [0, 0.05) is 5.69 Å². The molecule has 4 nitrogen and oxygen atoms in total. The Morgan fingerprint density at radius 1 is 1.08 bits per heavy atom. The van der Waals surface area contributed by atoms with Crippen LogP contribution in [-0.2, 0) is 4.79 Å². The summed E-state index contributed by atoms with van der Waals surface area (Å²) in [7, 11) is 1.52. The number of carbonyl (C=O) groups is 1. The predicted molar refractivity (Wildman–Crippen MR) is 101 cm³/mol. The highest BCUT2D eigenvalue weighted by Gasteiger charge is 2.34. The predicted octanol–water partition coefficient (Wildman–Crippen LogP) is 4.33. The smallest absolute Gasteiger partial charge is 0.238 e. The Hall–Kier alpha value is -2.66. The number of hydrogen-bond donors (Lipinski definition) is 1. The number of benzene rings is 3. The molecule has 1 N–H and O–H groups in total. The van der Waals surface area contributed by atoms with Gasteiger partial charge in [-0.3, -0.25) is 9.69 Å². The van der Waals surface area contributed by atoms with Crippen molar-refractivity contribution in [3.63, 3.8) is 0 Å². The largest absolute Gasteiger partial charge is 0.504 e. The lowest BCUT2D eigenvalue weighted by molar-refractivity contribution is -0.115. The van der Waals surface area contributed by atoms with Gasteiger partial charge in [-0.15, -0.1) is 11.8 Å². The van der Waals surface area contributed by atoms with Crippen molar-refractivity contribution in [2.24, 2.45) is 0 Å². The van der Waals surface area contributed by atoms with E-state index >= 15 is 0 Å². The minimum Gasteiger partial charge on any atom is -0.504 e. The summed E-state index contributed by atoms with van der Waals surface area (Å²) in [5, 5.41) is 11.9. The molecule has 1 fully saturated rings. The highest BCUT2D eigenvalue weighted by atomic mass is 32.2. The molecule has 1 aliphatic rings. The highest BCUT2D eigenvalue weighted by molar-refractivity contribution is 8.00. The molecule has 3 aromatic carbocycles. The summed E-state index contributed by atoms with van der Waals surface area (Å²) in [6, 6.07) is 19.4. The van der Waals surface area contributed by atoms with E-state index in [0.29, 0.717) is 11.5 Å². The van der Waals surface area contributed by atoms with Crippen molar-refractivity contribution in [1.82, 2.24) is 0 Å². The second-order valence-corrected chi connectivity index (χ2v) is 6.96. The number of hydrogen-bond acceptors (Lipinski definition) is 4. The standard InChI is InChI=1S/C20H17NO3S/c1-24-18-11-15(7-9-17(18)22)20-21(19(23)12-25-20)16-8-6-13-4-2-3-5-14(13)10-16/h2-11,20,22H,12H2,1H3. The molecule has 1 unspecified atom stereocenters. The second kappa shape index (κ2) is 6.33. The summed E-state index contributed by atoms with van der Waals surface area (Å²) in [5.74, 6) is 1.02. The number of phenols is 1. The van der Waals surface area contributed by atoms with Crippen LogP contribution in [0, 0.1) is 0 Å². The SMILES string of the molecule is COc1cc(C2SCC(=O)N2c2ccc3ccccc3c2)ccc1O. The van der Waals surface area contributed by atoms with Crippen molar-refractivity contribution >= 4 is 34.1 Å². The first-order chi connectivity index (χ1) is 12.2. The van der Waals surface area contributed by atoms with Gasteiger partial charge in [-0.05, 0) is 40.6 Å². The Labute approximate surface area is 150 Å². The molecule has 5 heteroatoms. The van der Waals surface area contributed by atoms with Crippen molar-refractivity contribution in [3.05, 3.63) is 66.2 Å². The molecule has 0 radical (unpaired) electrons. The zero-order valence-electron chi connectivity index (χ0n) is 13.7. The van der Waals surface area contributed by atoms with E-state index in [9.17, 15) is 9.90 Å². The van der Waals surface area contributed by atoms with Gasteiger partial charge in [0.1, 0.15) is 5.37 Å². The number of anilines is 1. The van der Waals surface area contributed by atoms with Gasteiger partial charge < -0.3 is 9.84 Å². The molecular formula is C20H17NO3S. The van der Waals surface area contributed by atoms with Crippen LogP contribution in [0.1, 0.15) is 10.9 Å². The van der Waals surface area contributed by atoms with Gasteiger partial charge in [0.25, 0.3) is 0 Å². The number of fused-ring (bicyclic) bond motifs is 1. The maximum atomic E-state index is 12.5. The van der Waals surface area contributed by atoms with Crippen molar-refractivity contribution in [2.75, 3.05) is 17.8 Å². The van der Waals surface area contributed by atoms with Gasteiger partial charge in [-0.25, -0.2) is 0 Å².